The van der Waals surface area contributed by atoms with Gasteiger partial charge < -0.3 is 56.6 Å². The highest BCUT2D eigenvalue weighted by atomic mass is 16.4. The van der Waals surface area contributed by atoms with Crippen LogP contribution in [0.25, 0.3) is 0 Å². The Labute approximate surface area is 247 Å². The van der Waals surface area contributed by atoms with Gasteiger partial charge in [-0.15, -0.1) is 0 Å². The molecule has 4 atom stereocenters. The van der Waals surface area contributed by atoms with E-state index in [0.717, 1.165) is 4.90 Å². The molecule has 250 valence electrons. The molecule has 0 bridgehead atoms. The van der Waals surface area contributed by atoms with Gasteiger partial charge in [-0.25, -0.2) is 0 Å². The summed E-state index contributed by atoms with van der Waals surface area (Å²) in [7, 11) is 0. The summed E-state index contributed by atoms with van der Waals surface area (Å²) < 4.78 is 0. The van der Waals surface area contributed by atoms with E-state index in [0.29, 0.717) is 0 Å². The first-order valence-electron chi connectivity index (χ1n) is 13.5. The standard InChI is InChI=1S/C24H45N5O14/c1-2-28(18(7-15(34)11-30)21(38)25-13-32)5-3-27(10-20(36)37)4-6-29(9-17(23(40)41)24(42)43)19(8-16(35)12-31)22(39)26-14-33/h15-19,30-35H,2-14H2,1H3,(H,25,38)(H,26,39)(H,36,37)(H,40,41)(H,42,43). The molecule has 4 unspecified atom stereocenters. The number of aliphatic hydroxyl groups excluding tert-OH is 6. The Balaban J connectivity index is 6.15. The Morgan fingerprint density at radius 3 is 1.44 bits per heavy atom. The van der Waals surface area contributed by atoms with Gasteiger partial charge in [-0.1, -0.05) is 6.92 Å². The molecule has 0 spiro atoms. The molecule has 0 saturated carbocycles. The molecule has 0 saturated heterocycles. The molecule has 43 heavy (non-hydrogen) atoms. The van der Waals surface area contributed by atoms with E-state index in [4.69, 9.17) is 10.2 Å². The van der Waals surface area contributed by atoms with Crippen LogP contribution in [0.4, 0.5) is 0 Å². The summed E-state index contributed by atoms with van der Waals surface area (Å²) in [5.74, 6) is -8.30. The average Bonchev–Trinajstić information content (AvgIpc) is 2.94. The van der Waals surface area contributed by atoms with Crippen LogP contribution >= 0.6 is 0 Å². The van der Waals surface area contributed by atoms with E-state index in [1.165, 1.54) is 4.90 Å². The maximum absolute atomic E-state index is 12.7. The molecule has 19 heteroatoms. The predicted octanol–water partition coefficient (Wildman–Crippen LogP) is -5.86. The lowest BCUT2D eigenvalue weighted by Crippen LogP contribution is -2.54. The number of amides is 2. The van der Waals surface area contributed by atoms with E-state index >= 15 is 0 Å². The minimum absolute atomic E-state index is 0.0276. The van der Waals surface area contributed by atoms with Gasteiger partial charge in [0.2, 0.25) is 11.8 Å². The van der Waals surface area contributed by atoms with E-state index in [1.807, 2.05) is 0 Å². The van der Waals surface area contributed by atoms with E-state index in [2.05, 4.69) is 10.6 Å². The number of rotatable bonds is 25. The number of nitrogens with zero attached hydrogens (tertiary/aromatic N) is 3. The smallest absolute Gasteiger partial charge is 0.319 e. The SMILES string of the molecule is CCN(CCN(CCN(CC(C(=O)O)C(=O)O)C(CC(O)CO)C(=O)NCO)CC(=O)O)C(CC(O)CO)C(=O)NCO. The van der Waals surface area contributed by atoms with Crippen LogP contribution in [0.5, 0.6) is 0 Å². The summed E-state index contributed by atoms with van der Waals surface area (Å²) in [6, 6.07) is -2.44. The molecular weight excluding hydrogens is 582 g/mol. The van der Waals surface area contributed by atoms with Gasteiger partial charge in [0.25, 0.3) is 0 Å². The topological polar surface area (TPSA) is 301 Å². The molecule has 0 rings (SSSR count). The van der Waals surface area contributed by atoms with E-state index in [1.54, 1.807) is 11.8 Å². The molecule has 11 N–H and O–H groups in total. The number of carbonyl (C=O) groups excluding carboxylic acids is 2. The number of aliphatic carboxylic acids is 3. The van der Waals surface area contributed by atoms with Crippen LogP contribution in [0.1, 0.15) is 19.8 Å². The number of hydrogen-bond acceptors (Lipinski definition) is 14. The Morgan fingerprint density at radius 2 is 1.09 bits per heavy atom. The van der Waals surface area contributed by atoms with Crippen LogP contribution in [0.3, 0.4) is 0 Å². The minimum atomic E-state index is -2.03. The second-order valence-electron chi connectivity index (χ2n) is 9.60. The van der Waals surface area contributed by atoms with E-state index < -0.39 is 106 Å². The average molecular weight is 628 g/mol. The third-order valence-corrected chi connectivity index (χ3v) is 6.59. The summed E-state index contributed by atoms with van der Waals surface area (Å²) in [4.78, 5) is 64.1. The Bertz CT molecular complexity index is 867. The number of likely N-dealkylation sites (N-methyl/N-ethyl adjacent to an activating group) is 1. The highest BCUT2D eigenvalue weighted by molar-refractivity contribution is 5.93. The van der Waals surface area contributed by atoms with Crippen LogP contribution < -0.4 is 10.6 Å². The number of carbonyl (C=O) groups is 5. The van der Waals surface area contributed by atoms with Crippen molar-refractivity contribution in [3.8, 4) is 0 Å². The zero-order valence-corrected chi connectivity index (χ0v) is 24.0. The minimum Gasteiger partial charge on any atom is -0.481 e. The largest absolute Gasteiger partial charge is 0.481 e. The number of hydrogen-bond donors (Lipinski definition) is 11. The summed E-state index contributed by atoms with van der Waals surface area (Å²) >= 11 is 0. The number of carboxylic acid groups (broad SMARTS) is 3. The maximum Gasteiger partial charge on any atom is 0.319 e. The highest BCUT2D eigenvalue weighted by Crippen LogP contribution is 2.14. The van der Waals surface area contributed by atoms with Crippen LogP contribution in [0.15, 0.2) is 0 Å². The Morgan fingerprint density at radius 1 is 0.674 bits per heavy atom. The molecule has 0 radical (unpaired) electrons. The summed E-state index contributed by atoms with van der Waals surface area (Å²) in [5, 5.41) is 89.3. The molecule has 0 aromatic heterocycles. The van der Waals surface area contributed by atoms with Gasteiger partial charge in [0.05, 0.1) is 44.1 Å². The molecule has 19 nitrogen and oxygen atoms in total. The van der Waals surface area contributed by atoms with Crippen molar-refractivity contribution < 1.29 is 69.9 Å². The fourth-order valence-corrected chi connectivity index (χ4v) is 4.31. The van der Waals surface area contributed by atoms with Crippen molar-refractivity contribution in [3.63, 3.8) is 0 Å². The highest BCUT2D eigenvalue weighted by Gasteiger charge is 2.35. The Hall–Kier alpha value is -3.01. The lowest BCUT2D eigenvalue weighted by atomic mass is 10.0. The lowest BCUT2D eigenvalue weighted by molar-refractivity contribution is -0.156. The molecular formula is C24H45N5O14. The quantitative estimate of drug-likeness (QED) is 0.0332. The van der Waals surface area contributed by atoms with Crippen molar-refractivity contribution >= 4 is 29.7 Å². The second kappa shape index (κ2) is 21.6. The van der Waals surface area contributed by atoms with E-state index in [9.17, 15) is 59.7 Å². The zero-order chi connectivity index (χ0) is 33.1. The fraction of sp³-hybridized carbons (Fsp3) is 0.792. The van der Waals surface area contributed by atoms with Gasteiger partial charge in [0, 0.05) is 45.6 Å². The monoisotopic (exact) mass is 627 g/mol. The van der Waals surface area contributed by atoms with Crippen LogP contribution in [0, 0.1) is 5.92 Å². The van der Waals surface area contributed by atoms with Gasteiger partial charge in [-0.2, -0.15) is 0 Å². The number of aliphatic hydroxyl groups is 6. The molecule has 0 heterocycles. The van der Waals surface area contributed by atoms with Crippen molar-refractivity contribution in [3.05, 3.63) is 0 Å². The molecule has 2 amide bonds. The normalized spacial score (nSPS) is 14.5. The van der Waals surface area contributed by atoms with Crippen molar-refractivity contribution in [1.82, 2.24) is 25.3 Å². The van der Waals surface area contributed by atoms with Crippen molar-refractivity contribution in [2.45, 2.75) is 44.1 Å². The molecule has 0 aliphatic rings. The first-order valence-corrected chi connectivity index (χ1v) is 13.5. The van der Waals surface area contributed by atoms with Crippen LogP contribution in [-0.4, -0.2) is 187 Å². The first kappa shape index (κ1) is 40.0. The van der Waals surface area contributed by atoms with Gasteiger partial charge >= 0.3 is 17.9 Å². The molecule has 0 aromatic rings. The molecule has 0 aromatic carbocycles. The van der Waals surface area contributed by atoms with Gasteiger partial charge in [-0.3, -0.25) is 38.7 Å². The summed E-state index contributed by atoms with van der Waals surface area (Å²) in [6.07, 6.45) is -3.43. The summed E-state index contributed by atoms with van der Waals surface area (Å²) in [6.45, 7) is -2.81. The van der Waals surface area contributed by atoms with Crippen molar-refractivity contribution in [2.24, 2.45) is 5.92 Å². The zero-order valence-electron chi connectivity index (χ0n) is 24.0. The second-order valence-corrected chi connectivity index (χ2v) is 9.60. The van der Waals surface area contributed by atoms with Crippen molar-refractivity contribution in [1.29, 1.82) is 0 Å². The number of nitrogens with one attached hydrogen (secondary N) is 2. The summed E-state index contributed by atoms with van der Waals surface area (Å²) in [5.41, 5.74) is 0. The first-order chi connectivity index (χ1) is 20.2. The van der Waals surface area contributed by atoms with Crippen molar-refractivity contribution in [2.75, 3.05) is 72.5 Å². The fourth-order valence-electron chi connectivity index (χ4n) is 4.31. The number of carboxylic acids is 3. The third-order valence-electron chi connectivity index (χ3n) is 6.59. The molecule has 0 fully saturated rings. The lowest BCUT2D eigenvalue weighted by Gasteiger charge is -2.35. The molecule has 0 aliphatic carbocycles. The maximum atomic E-state index is 12.7. The molecule has 0 aliphatic heterocycles. The van der Waals surface area contributed by atoms with Gasteiger partial charge in [0.15, 0.2) is 5.92 Å². The van der Waals surface area contributed by atoms with Crippen LogP contribution in [0.2, 0.25) is 0 Å². The van der Waals surface area contributed by atoms with Crippen LogP contribution in [-0.2, 0) is 24.0 Å². The van der Waals surface area contributed by atoms with E-state index in [-0.39, 0.29) is 39.1 Å². The predicted molar refractivity (Wildman–Crippen MR) is 145 cm³/mol. The van der Waals surface area contributed by atoms with Gasteiger partial charge in [0.1, 0.15) is 13.5 Å². The third kappa shape index (κ3) is 15.3. The Kier molecular flexibility index (Phi) is 20.1. The van der Waals surface area contributed by atoms with Gasteiger partial charge in [-0.05, 0) is 6.54 Å².